The second-order valence-electron chi connectivity index (χ2n) is 0.710. The van der Waals surface area contributed by atoms with Crippen LogP contribution in [-0.4, -0.2) is 5.11 Å². The zero-order chi connectivity index (χ0) is 4.83. The average Bonchev–Trinajstić information content (AvgIpc) is 1.61. The molecule has 0 unspecified atom stereocenters. The second-order valence-corrected chi connectivity index (χ2v) is 0.710. The molecule has 32 valence electrons. The summed E-state index contributed by atoms with van der Waals surface area (Å²) in [5, 5.41) is 7.91. The van der Waals surface area contributed by atoms with Crippen LogP contribution in [0.25, 0.3) is 0 Å². The first-order chi connectivity index (χ1) is 2.91. The molecule has 1 heteroatoms. The van der Waals surface area contributed by atoms with Gasteiger partial charge in [-0.05, 0) is 6.92 Å². The highest BCUT2D eigenvalue weighted by Crippen LogP contribution is 1.57. The van der Waals surface area contributed by atoms with Crippen molar-refractivity contribution >= 4 is 0 Å². The molecule has 0 spiro atoms. The van der Waals surface area contributed by atoms with E-state index < -0.39 is 0 Å². The first-order valence-electron chi connectivity index (χ1n) is 1.63. The maximum absolute atomic E-state index is 7.91. The van der Waals surface area contributed by atoms with Crippen molar-refractivity contribution in [2.24, 2.45) is 0 Å². The number of rotatable bonds is 0. The minimum Gasteiger partial charge on any atom is -0.515 e. The van der Waals surface area contributed by atoms with Gasteiger partial charge in [0.25, 0.3) is 0 Å². The van der Waals surface area contributed by atoms with E-state index in [1.54, 1.807) is 6.92 Å². The van der Waals surface area contributed by atoms with Gasteiger partial charge in [0.15, 0.2) is 0 Å². The summed E-state index contributed by atoms with van der Waals surface area (Å²) in [6, 6.07) is 0. The lowest BCUT2D eigenvalue weighted by molar-refractivity contribution is 0.474. The zero-order valence-electron chi connectivity index (χ0n) is 3.60. The second kappa shape index (κ2) is 4.10. The number of hydrogen-bond acceptors (Lipinski definition) is 1. The van der Waals surface area contributed by atoms with Gasteiger partial charge in [-0.3, -0.25) is 0 Å². The summed E-state index contributed by atoms with van der Waals surface area (Å²) < 4.78 is 0. The van der Waals surface area contributed by atoms with Crippen molar-refractivity contribution in [2.75, 3.05) is 0 Å². The maximum Gasteiger partial charge on any atom is 0.0875 e. The highest BCUT2D eigenvalue weighted by Gasteiger charge is 1.46. The topological polar surface area (TPSA) is 20.2 Å². The largest absolute Gasteiger partial charge is 0.515 e. The molecule has 0 aliphatic carbocycles. The van der Waals surface area contributed by atoms with E-state index >= 15 is 0 Å². The fourth-order valence-corrected chi connectivity index (χ4v) is 0.121. The van der Waals surface area contributed by atoms with Crippen molar-refractivity contribution < 1.29 is 5.11 Å². The first kappa shape index (κ1) is 5.10. The summed E-state index contributed by atoms with van der Waals surface area (Å²) in [7, 11) is 0. The van der Waals surface area contributed by atoms with Crippen LogP contribution >= 0.6 is 0 Å². The Morgan fingerprint density at radius 3 is 2.50 bits per heavy atom. The molecular formula is C5H6O. The van der Waals surface area contributed by atoms with Crippen LogP contribution in [0.4, 0.5) is 0 Å². The van der Waals surface area contributed by atoms with Crippen LogP contribution in [-0.2, 0) is 0 Å². The van der Waals surface area contributed by atoms with Crippen molar-refractivity contribution in [2.45, 2.75) is 6.92 Å². The quantitative estimate of drug-likeness (QED) is 0.342. The monoisotopic (exact) mass is 82.0 g/mol. The van der Waals surface area contributed by atoms with E-state index in [9.17, 15) is 0 Å². The summed E-state index contributed by atoms with van der Waals surface area (Å²) in [6.07, 6.45) is 2.29. The van der Waals surface area contributed by atoms with E-state index in [0.29, 0.717) is 0 Å². The van der Waals surface area contributed by atoms with E-state index in [4.69, 9.17) is 5.11 Å². The Morgan fingerprint density at radius 2 is 2.33 bits per heavy atom. The predicted molar refractivity (Wildman–Crippen MR) is 25.2 cm³/mol. The van der Waals surface area contributed by atoms with Gasteiger partial charge in [0.1, 0.15) is 0 Å². The van der Waals surface area contributed by atoms with Gasteiger partial charge in [-0.1, -0.05) is 5.92 Å². The molecule has 0 aliphatic rings. The normalized spacial score (nSPS) is 7.50. The SMILES string of the molecule is CC#C/C=C/O. The van der Waals surface area contributed by atoms with Crippen LogP contribution in [0, 0.1) is 11.8 Å². The molecule has 0 aromatic carbocycles. The van der Waals surface area contributed by atoms with E-state index in [2.05, 4.69) is 11.8 Å². The summed E-state index contributed by atoms with van der Waals surface area (Å²) in [6.45, 7) is 1.71. The lowest BCUT2D eigenvalue weighted by Gasteiger charge is -1.57. The molecule has 1 nitrogen and oxygen atoms in total. The Labute approximate surface area is 37.3 Å². The van der Waals surface area contributed by atoms with Gasteiger partial charge in [0, 0.05) is 6.08 Å². The van der Waals surface area contributed by atoms with Crippen molar-refractivity contribution in [3.8, 4) is 11.8 Å². The van der Waals surface area contributed by atoms with Gasteiger partial charge in [-0.15, -0.1) is 5.92 Å². The Balaban J connectivity index is 3.24. The molecule has 0 bridgehead atoms. The molecule has 0 aromatic heterocycles. The molecule has 0 amide bonds. The minimum atomic E-state index is 0.913. The lowest BCUT2D eigenvalue weighted by atomic mass is 10.6. The molecule has 0 fully saturated rings. The van der Waals surface area contributed by atoms with Crippen molar-refractivity contribution in [3.63, 3.8) is 0 Å². The lowest BCUT2D eigenvalue weighted by Crippen LogP contribution is -1.45. The van der Waals surface area contributed by atoms with E-state index in [0.717, 1.165) is 6.26 Å². The minimum absolute atomic E-state index is 0.913. The Bertz CT molecular complexity index is 92.2. The average molecular weight is 82.1 g/mol. The summed E-state index contributed by atoms with van der Waals surface area (Å²) in [5.74, 6) is 5.09. The Morgan fingerprint density at radius 1 is 1.67 bits per heavy atom. The zero-order valence-corrected chi connectivity index (χ0v) is 3.60. The molecule has 0 heterocycles. The summed E-state index contributed by atoms with van der Waals surface area (Å²) in [5.41, 5.74) is 0. The highest BCUT2D eigenvalue weighted by atomic mass is 16.2. The molecule has 0 aliphatic heterocycles. The number of aliphatic hydroxyl groups excluding tert-OH is 1. The Hall–Kier alpha value is -0.900. The summed E-state index contributed by atoms with van der Waals surface area (Å²) >= 11 is 0. The van der Waals surface area contributed by atoms with Crippen LogP contribution in [0.1, 0.15) is 6.92 Å². The number of hydrogen-bond donors (Lipinski definition) is 1. The van der Waals surface area contributed by atoms with Crippen LogP contribution in [0.3, 0.4) is 0 Å². The summed E-state index contributed by atoms with van der Waals surface area (Å²) in [4.78, 5) is 0. The van der Waals surface area contributed by atoms with E-state index in [1.165, 1.54) is 6.08 Å². The van der Waals surface area contributed by atoms with Crippen LogP contribution in [0.15, 0.2) is 12.3 Å². The van der Waals surface area contributed by atoms with Gasteiger partial charge >= 0.3 is 0 Å². The van der Waals surface area contributed by atoms with Crippen LogP contribution in [0.2, 0.25) is 0 Å². The van der Waals surface area contributed by atoms with Crippen molar-refractivity contribution in [3.05, 3.63) is 12.3 Å². The third kappa shape index (κ3) is 3.10. The first-order valence-corrected chi connectivity index (χ1v) is 1.63. The van der Waals surface area contributed by atoms with Gasteiger partial charge in [-0.25, -0.2) is 0 Å². The van der Waals surface area contributed by atoms with Gasteiger partial charge < -0.3 is 5.11 Å². The molecule has 0 atom stereocenters. The van der Waals surface area contributed by atoms with Gasteiger partial charge in [0.05, 0.1) is 6.26 Å². The molecule has 0 radical (unpaired) electrons. The van der Waals surface area contributed by atoms with Crippen molar-refractivity contribution in [1.82, 2.24) is 0 Å². The predicted octanol–water partition coefficient (Wildman–Crippen LogP) is 1.08. The number of allylic oxidation sites excluding steroid dienone is 1. The molecule has 0 aromatic rings. The highest BCUT2D eigenvalue weighted by molar-refractivity contribution is 5.11. The fraction of sp³-hybridized carbons (Fsp3) is 0.200. The number of aliphatic hydroxyl groups is 1. The van der Waals surface area contributed by atoms with Gasteiger partial charge in [0.2, 0.25) is 0 Å². The van der Waals surface area contributed by atoms with Crippen LogP contribution in [0.5, 0.6) is 0 Å². The third-order valence-corrected chi connectivity index (χ3v) is 0.302. The van der Waals surface area contributed by atoms with E-state index in [1.807, 2.05) is 0 Å². The molecule has 0 saturated carbocycles. The fourth-order valence-electron chi connectivity index (χ4n) is 0.121. The van der Waals surface area contributed by atoms with Crippen LogP contribution < -0.4 is 0 Å². The third-order valence-electron chi connectivity index (χ3n) is 0.302. The Kier molecular flexibility index (Phi) is 3.48. The molecule has 6 heavy (non-hydrogen) atoms. The van der Waals surface area contributed by atoms with E-state index in [-0.39, 0.29) is 0 Å². The molecule has 1 N–H and O–H groups in total. The smallest absolute Gasteiger partial charge is 0.0875 e. The molecular weight excluding hydrogens is 76.1 g/mol. The molecule has 0 rings (SSSR count). The van der Waals surface area contributed by atoms with Crippen molar-refractivity contribution in [1.29, 1.82) is 0 Å². The maximum atomic E-state index is 7.91. The molecule has 0 saturated heterocycles. The standard InChI is InChI=1S/C5H6O/c1-2-3-4-5-6/h4-6H,1H3/b5-4+. The van der Waals surface area contributed by atoms with Gasteiger partial charge in [-0.2, -0.15) is 0 Å².